The lowest BCUT2D eigenvalue weighted by atomic mass is 10.2. The maximum absolute atomic E-state index is 10.8. The Morgan fingerprint density at radius 3 is 2.93 bits per heavy atom. The summed E-state index contributed by atoms with van der Waals surface area (Å²) in [6.45, 7) is 1.95. The van der Waals surface area contributed by atoms with E-state index in [1.807, 2.05) is 6.92 Å². The second-order valence-corrected chi connectivity index (χ2v) is 2.68. The van der Waals surface area contributed by atoms with Crippen LogP contribution in [0.3, 0.4) is 0 Å². The van der Waals surface area contributed by atoms with Gasteiger partial charge in [-0.05, 0) is 18.6 Å². The van der Waals surface area contributed by atoms with Crippen LogP contribution in [0.5, 0.6) is 0 Å². The van der Waals surface area contributed by atoms with Crippen molar-refractivity contribution in [3.05, 3.63) is 29.8 Å². The predicted octanol–water partition coefficient (Wildman–Crippen LogP) is 2.19. The van der Waals surface area contributed by atoms with Crippen LogP contribution in [0.2, 0.25) is 0 Å². The molecule has 2 N–H and O–H groups in total. The lowest BCUT2D eigenvalue weighted by Gasteiger charge is -2.03. The van der Waals surface area contributed by atoms with Gasteiger partial charge < -0.3 is 5.11 Å². The molecular formula is C10H12N2O2. The molecule has 1 aromatic rings. The van der Waals surface area contributed by atoms with Crippen molar-refractivity contribution < 1.29 is 9.90 Å². The molecule has 1 aromatic carbocycles. The van der Waals surface area contributed by atoms with Gasteiger partial charge in [0.1, 0.15) is 0 Å². The van der Waals surface area contributed by atoms with E-state index in [4.69, 9.17) is 5.11 Å². The van der Waals surface area contributed by atoms with Crippen LogP contribution in [0.4, 0.5) is 5.69 Å². The van der Waals surface area contributed by atoms with Gasteiger partial charge >= 0.3 is 5.97 Å². The van der Waals surface area contributed by atoms with Crippen molar-refractivity contribution in [1.82, 2.24) is 0 Å². The van der Waals surface area contributed by atoms with Gasteiger partial charge in [0, 0.05) is 6.21 Å². The lowest BCUT2D eigenvalue weighted by molar-refractivity contribution is 0.0698. The number of benzene rings is 1. The Bertz CT molecular complexity index is 348. The highest BCUT2D eigenvalue weighted by atomic mass is 16.4. The number of anilines is 1. The van der Waals surface area contributed by atoms with Crippen molar-refractivity contribution in [3.63, 3.8) is 0 Å². The number of hydrazone groups is 1. The summed E-state index contributed by atoms with van der Waals surface area (Å²) in [5.41, 5.74) is 3.41. The first kappa shape index (κ1) is 10.2. The fourth-order valence-corrected chi connectivity index (χ4v) is 0.974. The second kappa shape index (κ2) is 5.01. The quantitative estimate of drug-likeness (QED) is 0.567. The molecule has 1 rings (SSSR count). The van der Waals surface area contributed by atoms with E-state index in [0.29, 0.717) is 5.69 Å². The van der Waals surface area contributed by atoms with Gasteiger partial charge in [0.05, 0.1) is 11.3 Å². The van der Waals surface area contributed by atoms with Crippen molar-refractivity contribution in [2.24, 2.45) is 5.10 Å². The van der Waals surface area contributed by atoms with Gasteiger partial charge in [0.25, 0.3) is 0 Å². The summed E-state index contributed by atoms with van der Waals surface area (Å²) in [5.74, 6) is -0.959. The van der Waals surface area contributed by atoms with Crippen LogP contribution >= 0.6 is 0 Å². The van der Waals surface area contributed by atoms with Crippen LogP contribution in [0.15, 0.2) is 29.4 Å². The fraction of sp³-hybridized carbons (Fsp3) is 0.200. The molecule has 0 radical (unpaired) electrons. The van der Waals surface area contributed by atoms with Gasteiger partial charge in [0.15, 0.2) is 0 Å². The van der Waals surface area contributed by atoms with E-state index in [0.717, 1.165) is 6.42 Å². The minimum Gasteiger partial charge on any atom is -0.478 e. The zero-order valence-corrected chi connectivity index (χ0v) is 7.90. The summed E-state index contributed by atoms with van der Waals surface area (Å²) in [5, 5.41) is 12.7. The smallest absolute Gasteiger partial charge is 0.337 e. The van der Waals surface area contributed by atoms with Gasteiger partial charge in [-0.3, -0.25) is 5.43 Å². The Morgan fingerprint density at radius 1 is 1.57 bits per heavy atom. The Labute approximate surface area is 82.3 Å². The Kier molecular flexibility index (Phi) is 3.67. The molecule has 0 unspecified atom stereocenters. The van der Waals surface area contributed by atoms with Crippen molar-refractivity contribution in [1.29, 1.82) is 0 Å². The van der Waals surface area contributed by atoms with Crippen molar-refractivity contribution in [2.75, 3.05) is 5.43 Å². The highest BCUT2D eigenvalue weighted by Gasteiger charge is 2.07. The van der Waals surface area contributed by atoms with Crippen molar-refractivity contribution >= 4 is 17.9 Å². The number of carboxylic acids is 1. The van der Waals surface area contributed by atoms with Crippen LogP contribution in [0.25, 0.3) is 0 Å². The first-order valence-electron chi connectivity index (χ1n) is 4.35. The van der Waals surface area contributed by atoms with Gasteiger partial charge in [-0.1, -0.05) is 19.1 Å². The summed E-state index contributed by atoms with van der Waals surface area (Å²) in [4.78, 5) is 10.8. The summed E-state index contributed by atoms with van der Waals surface area (Å²) < 4.78 is 0. The van der Waals surface area contributed by atoms with Crippen LogP contribution in [-0.4, -0.2) is 17.3 Å². The molecule has 0 saturated heterocycles. The molecule has 0 aliphatic rings. The zero-order chi connectivity index (χ0) is 10.4. The number of rotatable bonds is 4. The number of aromatic carboxylic acids is 1. The van der Waals surface area contributed by atoms with Crippen LogP contribution < -0.4 is 5.43 Å². The number of para-hydroxylation sites is 1. The number of nitrogens with zero attached hydrogens (tertiary/aromatic N) is 1. The molecule has 4 heteroatoms. The van der Waals surface area contributed by atoms with Gasteiger partial charge in [0.2, 0.25) is 0 Å². The van der Waals surface area contributed by atoms with E-state index < -0.39 is 5.97 Å². The minimum absolute atomic E-state index is 0.223. The third-order valence-electron chi connectivity index (χ3n) is 1.62. The highest BCUT2D eigenvalue weighted by Crippen LogP contribution is 2.14. The van der Waals surface area contributed by atoms with Gasteiger partial charge in [-0.2, -0.15) is 5.10 Å². The molecule has 0 bridgehead atoms. The molecular weight excluding hydrogens is 180 g/mol. The van der Waals surface area contributed by atoms with Crippen LogP contribution in [0, 0.1) is 0 Å². The topological polar surface area (TPSA) is 61.7 Å². The molecule has 0 heterocycles. The largest absolute Gasteiger partial charge is 0.478 e. The Balaban J connectivity index is 2.84. The van der Waals surface area contributed by atoms with E-state index in [1.165, 1.54) is 6.07 Å². The molecule has 0 fully saturated rings. The molecule has 0 spiro atoms. The molecule has 4 nitrogen and oxygen atoms in total. The van der Waals surface area contributed by atoms with E-state index in [2.05, 4.69) is 10.5 Å². The summed E-state index contributed by atoms with van der Waals surface area (Å²) >= 11 is 0. The van der Waals surface area contributed by atoms with Crippen LogP contribution in [0.1, 0.15) is 23.7 Å². The van der Waals surface area contributed by atoms with E-state index in [1.54, 1.807) is 24.4 Å². The fourth-order valence-electron chi connectivity index (χ4n) is 0.974. The maximum atomic E-state index is 10.8. The number of hydrogen-bond acceptors (Lipinski definition) is 3. The maximum Gasteiger partial charge on any atom is 0.337 e. The van der Waals surface area contributed by atoms with Crippen molar-refractivity contribution in [2.45, 2.75) is 13.3 Å². The summed E-state index contributed by atoms with van der Waals surface area (Å²) in [7, 11) is 0. The lowest BCUT2D eigenvalue weighted by Crippen LogP contribution is -2.01. The molecule has 0 aliphatic carbocycles. The molecule has 74 valence electrons. The Morgan fingerprint density at radius 2 is 2.29 bits per heavy atom. The standard InChI is InChI=1S/C10H12N2O2/c1-2-7-11-12-9-6-4-3-5-8(9)10(13)14/h3-7,12H,2H2,1H3,(H,13,14). The van der Waals surface area contributed by atoms with E-state index in [9.17, 15) is 4.79 Å². The molecule has 14 heavy (non-hydrogen) atoms. The first-order valence-corrected chi connectivity index (χ1v) is 4.35. The first-order chi connectivity index (χ1) is 6.75. The third-order valence-corrected chi connectivity index (χ3v) is 1.62. The number of nitrogens with one attached hydrogen (secondary N) is 1. The Hall–Kier alpha value is -1.84. The summed E-state index contributed by atoms with van der Waals surface area (Å²) in [6, 6.07) is 6.65. The second-order valence-electron chi connectivity index (χ2n) is 2.68. The molecule has 0 amide bonds. The molecule has 0 saturated carbocycles. The van der Waals surface area contributed by atoms with E-state index >= 15 is 0 Å². The van der Waals surface area contributed by atoms with E-state index in [-0.39, 0.29) is 5.56 Å². The highest BCUT2D eigenvalue weighted by molar-refractivity contribution is 5.94. The number of carbonyl (C=O) groups is 1. The average Bonchev–Trinajstić information content (AvgIpc) is 2.19. The molecule has 0 atom stereocenters. The average molecular weight is 192 g/mol. The predicted molar refractivity (Wildman–Crippen MR) is 55.8 cm³/mol. The third kappa shape index (κ3) is 2.58. The molecule has 0 aliphatic heterocycles. The number of hydrogen-bond donors (Lipinski definition) is 2. The minimum atomic E-state index is -0.959. The SMILES string of the molecule is CCC=NNc1ccccc1C(=O)O. The number of carboxylic acid groups (broad SMARTS) is 1. The normalized spacial score (nSPS) is 10.4. The van der Waals surface area contributed by atoms with Gasteiger partial charge in [-0.25, -0.2) is 4.79 Å². The van der Waals surface area contributed by atoms with Gasteiger partial charge in [-0.15, -0.1) is 0 Å². The zero-order valence-electron chi connectivity index (χ0n) is 7.90. The summed E-state index contributed by atoms with van der Waals surface area (Å²) in [6.07, 6.45) is 2.49. The van der Waals surface area contributed by atoms with Crippen molar-refractivity contribution in [3.8, 4) is 0 Å². The molecule has 0 aromatic heterocycles. The van der Waals surface area contributed by atoms with Crippen LogP contribution in [-0.2, 0) is 0 Å². The monoisotopic (exact) mass is 192 g/mol.